The van der Waals surface area contributed by atoms with Crippen LogP contribution in [-0.4, -0.2) is 17.5 Å². The highest BCUT2D eigenvalue weighted by Crippen LogP contribution is 2.06. The van der Waals surface area contributed by atoms with Crippen LogP contribution in [-0.2, 0) is 4.79 Å². The molecule has 0 bridgehead atoms. The van der Waals surface area contributed by atoms with Gasteiger partial charge in [-0.1, -0.05) is 13.3 Å². The lowest BCUT2D eigenvalue weighted by atomic mass is 10.1. The molecule has 0 aromatic rings. The van der Waals surface area contributed by atoms with Crippen molar-refractivity contribution in [2.75, 3.05) is 6.38 Å². The van der Waals surface area contributed by atoms with Crippen molar-refractivity contribution in [3.05, 3.63) is 11.3 Å². The number of allylic oxidation sites excluding steroid dienone is 1. The van der Waals surface area contributed by atoms with Crippen LogP contribution in [0.1, 0.15) is 26.7 Å². The van der Waals surface area contributed by atoms with Crippen molar-refractivity contribution in [3.8, 4) is 0 Å². The van der Waals surface area contributed by atoms with Gasteiger partial charge in [0.1, 0.15) is 0 Å². The van der Waals surface area contributed by atoms with Gasteiger partial charge < -0.3 is 10.8 Å². The Morgan fingerprint density at radius 1 is 1.50 bits per heavy atom. The van der Waals surface area contributed by atoms with Crippen molar-refractivity contribution < 1.29 is 9.90 Å². The molecule has 0 aliphatic rings. The Morgan fingerprint density at radius 3 is 2.00 bits per heavy atom. The first-order chi connectivity index (χ1) is 5.59. The van der Waals surface area contributed by atoms with Gasteiger partial charge in [0.15, 0.2) is 0 Å². The summed E-state index contributed by atoms with van der Waals surface area (Å²) in [7, 11) is 0. The van der Waals surface area contributed by atoms with Gasteiger partial charge >= 0.3 is 5.97 Å². The molecule has 0 aromatic heterocycles. The van der Waals surface area contributed by atoms with Gasteiger partial charge in [0.25, 0.3) is 0 Å². The topological polar surface area (TPSA) is 63.3 Å². The summed E-state index contributed by atoms with van der Waals surface area (Å²) in [6, 6.07) is 0. The van der Waals surface area contributed by atoms with E-state index in [0.717, 1.165) is 6.42 Å². The normalized spacial score (nSPS) is 11.0. The maximum atomic E-state index is 10.4. The SMILES string of the molecule is CCCC(C(=O)O)=C(C)N.CCl. The third kappa shape index (κ3) is 6.04. The maximum absolute atomic E-state index is 10.4. The summed E-state index contributed by atoms with van der Waals surface area (Å²) in [6.45, 7) is 3.53. The Labute approximate surface area is 78.2 Å². The molecule has 0 heterocycles. The van der Waals surface area contributed by atoms with Crippen LogP contribution in [0, 0.1) is 0 Å². The number of halogens is 1. The Morgan fingerprint density at radius 2 is 1.92 bits per heavy atom. The molecule has 0 saturated carbocycles. The Balaban J connectivity index is 0. The largest absolute Gasteiger partial charge is 0.478 e. The van der Waals surface area contributed by atoms with Gasteiger partial charge in [-0.3, -0.25) is 0 Å². The van der Waals surface area contributed by atoms with Crippen LogP contribution >= 0.6 is 11.6 Å². The second kappa shape index (κ2) is 8.40. The summed E-state index contributed by atoms with van der Waals surface area (Å²) in [6.07, 6.45) is 2.84. The standard InChI is InChI=1S/C7H13NO2.CH3Cl/c1-3-4-6(5(2)8)7(9)10;1-2/h3-4,8H2,1-2H3,(H,9,10);1H3. The van der Waals surface area contributed by atoms with Crippen molar-refractivity contribution in [1.29, 1.82) is 0 Å². The van der Waals surface area contributed by atoms with E-state index in [0.29, 0.717) is 17.7 Å². The average molecular weight is 194 g/mol. The summed E-state index contributed by atoms with van der Waals surface area (Å²) in [5.41, 5.74) is 6.07. The predicted octanol–water partition coefficient (Wildman–Crippen LogP) is 1.96. The first-order valence-corrected chi connectivity index (χ1v) is 4.41. The zero-order chi connectivity index (χ0) is 10.1. The van der Waals surface area contributed by atoms with E-state index < -0.39 is 5.97 Å². The summed E-state index contributed by atoms with van der Waals surface area (Å²) >= 11 is 4.64. The van der Waals surface area contributed by atoms with Gasteiger partial charge in [0, 0.05) is 12.1 Å². The fourth-order valence-corrected chi connectivity index (χ4v) is 0.723. The molecular formula is C8H16ClNO2. The molecule has 12 heavy (non-hydrogen) atoms. The monoisotopic (exact) mass is 193 g/mol. The minimum atomic E-state index is -0.901. The van der Waals surface area contributed by atoms with E-state index in [1.807, 2.05) is 6.92 Å². The second-order valence-corrected chi connectivity index (χ2v) is 2.22. The maximum Gasteiger partial charge on any atom is 0.333 e. The van der Waals surface area contributed by atoms with Gasteiger partial charge in [-0.25, -0.2) is 4.79 Å². The van der Waals surface area contributed by atoms with Gasteiger partial charge in [0.05, 0.1) is 5.57 Å². The fourth-order valence-electron chi connectivity index (χ4n) is 0.723. The quantitative estimate of drug-likeness (QED) is 0.532. The van der Waals surface area contributed by atoms with Crippen LogP contribution in [0.2, 0.25) is 0 Å². The lowest BCUT2D eigenvalue weighted by Crippen LogP contribution is -2.07. The molecule has 0 spiro atoms. The predicted molar refractivity (Wildman–Crippen MR) is 51.2 cm³/mol. The van der Waals surface area contributed by atoms with E-state index in [-0.39, 0.29) is 0 Å². The molecular weight excluding hydrogens is 178 g/mol. The summed E-state index contributed by atoms with van der Waals surface area (Å²) in [5, 5.41) is 8.54. The van der Waals surface area contributed by atoms with E-state index in [1.54, 1.807) is 6.92 Å². The summed E-state index contributed by atoms with van der Waals surface area (Å²) in [5.74, 6) is -0.901. The van der Waals surface area contributed by atoms with Crippen LogP contribution in [0.25, 0.3) is 0 Å². The van der Waals surface area contributed by atoms with Gasteiger partial charge in [-0.15, -0.1) is 11.6 Å². The first kappa shape index (κ1) is 13.9. The lowest BCUT2D eigenvalue weighted by Gasteiger charge is -2.00. The minimum Gasteiger partial charge on any atom is -0.478 e. The van der Waals surface area contributed by atoms with Crippen molar-refractivity contribution in [3.63, 3.8) is 0 Å². The van der Waals surface area contributed by atoms with Crippen LogP contribution < -0.4 is 5.73 Å². The summed E-state index contributed by atoms with van der Waals surface area (Å²) < 4.78 is 0. The Kier molecular flexibility index (Phi) is 9.70. The number of nitrogens with two attached hydrogens (primary N) is 1. The van der Waals surface area contributed by atoms with Crippen LogP contribution in [0.3, 0.4) is 0 Å². The first-order valence-electron chi connectivity index (χ1n) is 3.66. The van der Waals surface area contributed by atoms with Crippen molar-refractivity contribution in [2.24, 2.45) is 5.73 Å². The van der Waals surface area contributed by atoms with Gasteiger partial charge in [-0.2, -0.15) is 0 Å². The molecule has 0 unspecified atom stereocenters. The molecule has 0 atom stereocenters. The zero-order valence-electron chi connectivity index (χ0n) is 7.72. The molecule has 0 radical (unpaired) electrons. The smallest absolute Gasteiger partial charge is 0.333 e. The Hall–Kier alpha value is -0.700. The molecule has 0 rings (SSSR count). The van der Waals surface area contributed by atoms with E-state index in [2.05, 4.69) is 11.6 Å². The number of carbonyl (C=O) groups is 1. The summed E-state index contributed by atoms with van der Waals surface area (Å²) in [4.78, 5) is 10.4. The highest BCUT2D eigenvalue weighted by atomic mass is 35.5. The number of carboxylic acids is 1. The molecule has 72 valence electrons. The highest BCUT2D eigenvalue weighted by molar-refractivity contribution is 6.15. The molecule has 0 aliphatic carbocycles. The molecule has 0 saturated heterocycles. The van der Waals surface area contributed by atoms with E-state index >= 15 is 0 Å². The number of alkyl halides is 1. The average Bonchev–Trinajstić information content (AvgIpc) is 2.03. The number of hydrogen-bond donors (Lipinski definition) is 2. The highest BCUT2D eigenvalue weighted by Gasteiger charge is 2.07. The van der Waals surface area contributed by atoms with Crippen LogP contribution in [0.4, 0.5) is 0 Å². The van der Waals surface area contributed by atoms with E-state index in [4.69, 9.17) is 10.8 Å². The molecule has 3 N–H and O–H groups in total. The molecule has 0 amide bonds. The second-order valence-electron chi connectivity index (χ2n) is 2.22. The third-order valence-electron chi connectivity index (χ3n) is 1.23. The van der Waals surface area contributed by atoms with Crippen LogP contribution in [0.15, 0.2) is 11.3 Å². The number of hydrogen-bond acceptors (Lipinski definition) is 2. The molecule has 0 fully saturated rings. The third-order valence-corrected chi connectivity index (χ3v) is 1.23. The molecule has 0 aliphatic heterocycles. The lowest BCUT2D eigenvalue weighted by molar-refractivity contribution is -0.132. The Bertz CT molecular complexity index is 162. The van der Waals surface area contributed by atoms with Crippen molar-refractivity contribution in [2.45, 2.75) is 26.7 Å². The molecule has 4 heteroatoms. The van der Waals surface area contributed by atoms with E-state index in [9.17, 15) is 4.79 Å². The molecule has 3 nitrogen and oxygen atoms in total. The number of carboxylic acid groups (broad SMARTS) is 1. The zero-order valence-corrected chi connectivity index (χ0v) is 8.48. The van der Waals surface area contributed by atoms with Crippen molar-refractivity contribution >= 4 is 17.6 Å². The minimum absolute atomic E-state index is 0.336. The molecule has 0 aromatic carbocycles. The number of aliphatic carboxylic acids is 1. The number of rotatable bonds is 3. The van der Waals surface area contributed by atoms with Gasteiger partial charge in [0.2, 0.25) is 0 Å². The van der Waals surface area contributed by atoms with Gasteiger partial charge in [-0.05, 0) is 13.3 Å². The van der Waals surface area contributed by atoms with Crippen molar-refractivity contribution in [1.82, 2.24) is 0 Å². The van der Waals surface area contributed by atoms with Crippen LogP contribution in [0.5, 0.6) is 0 Å². The fraction of sp³-hybridized carbons (Fsp3) is 0.625. The van der Waals surface area contributed by atoms with E-state index in [1.165, 1.54) is 6.38 Å².